The lowest BCUT2D eigenvalue weighted by atomic mass is 10.3. The fourth-order valence-corrected chi connectivity index (χ4v) is 1.07. The SMILES string of the molecule is C.Nc1cccc(I)c1. The van der Waals surface area contributed by atoms with Gasteiger partial charge in [-0.2, -0.15) is 0 Å². The Labute approximate surface area is 69.4 Å². The van der Waals surface area contributed by atoms with Gasteiger partial charge in [0.05, 0.1) is 0 Å². The molecule has 0 aliphatic carbocycles. The lowest BCUT2D eigenvalue weighted by Gasteiger charge is -1.89. The Bertz CT molecular complexity index is 169. The van der Waals surface area contributed by atoms with Gasteiger partial charge in [0, 0.05) is 9.26 Å². The van der Waals surface area contributed by atoms with Crippen LogP contribution in [0.15, 0.2) is 24.3 Å². The molecule has 0 amide bonds. The summed E-state index contributed by atoms with van der Waals surface area (Å²) in [7, 11) is 0. The Morgan fingerprint density at radius 3 is 2.33 bits per heavy atom. The first kappa shape index (κ1) is 8.75. The van der Waals surface area contributed by atoms with Crippen molar-refractivity contribution < 1.29 is 0 Å². The van der Waals surface area contributed by atoms with Gasteiger partial charge >= 0.3 is 0 Å². The molecule has 1 nitrogen and oxygen atoms in total. The minimum absolute atomic E-state index is 0. The van der Waals surface area contributed by atoms with E-state index in [-0.39, 0.29) is 7.43 Å². The molecule has 2 heteroatoms. The van der Waals surface area contributed by atoms with Gasteiger partial charge in [-0.1, -0.05) is 13.5 Å². The highest BCUT2D eigenvalue weighted by atomic mass is 127. The molecule has 0 aliphatic heterocycles. The molecule has 0 fully saturated rings. The molecule has 0 bridgehead atoms. The average Bonchev–Trinajstić information content (AvgIpc) is 1.64. The Balaban J connectivity index is 0.000000640. The normalized spacial score (nSPS) is 8.11. The molecular weight excluding hydrogens is 225 g/mol. The van der Waals surface area contributed by atoms with E-state index in [1.54, 1.807) is 0 Å². The summed E-state index contributed by atoms with van der Waals surface area (Å²) in [6.45, 7) is 0. The minimum atomic E-state index is 0. The Morgan fingerprint density at radius 1 is 1.33 bits per heavy atom. The van der Waals surface area contributed by atoms with Crippen molar-refractivity contribution in [1.82, 2.24) is 0 Å². The third-order valence-electron chi connectivity index (χ3n) is 0.849. The molecule has 0 saturated carbocycles. The van der Waals surface area contributed by atoms with Crippen molar-refractivity contribution in [2.75, 3.05) is 5.73 Å². The average molecular weight is 235 g/mol. The van der Waals surface area contributed by atoms with E-state index in [1.165, 1.54) is 3.57 Å². The van der Waals surface area contributed by atoms with Crippen molar-refractivity contribution >= 4 is 28.3 Å². The van der Waals surface area contributed by atoms with E-state index < -0.39 is 0 Å². The summed E-state index contributed by atoms with van der Waals surface area (Å²) in [6, 6.07) is 7.76. The molecular formula is C7H10IN. The van der Waals surface area contributed by atoms with Crippen LogP contribution in [0.1, 0.15) is 7.43 Å². The van der Waals surface area contributed by atoms with Gasteiger partial charge in [0.25, 0.3) is 0 Å². The molecule has 9 heavy (non-hydrogen) atoms. The lowest BCUT2D eigenvalue weighted by molar-refractivity contribution is 1.63. The summed E-state index contributed by atoms with van der Waals surface area (Å²) in [5, 5.41) is 0. The van der Waals surface area contributed by atoms with Gasteiger partial charge in [-0.25, -0.2) is 0 Å². The monoisotopic (exact) mass is 235 g/mol. The number of rotatable bonds is 0. The molecule has 0 heterocycles. The molecule has 2 N–H and O–H groups in total. The third-order valence-corrected chi connectivity index (χ3v) is 1.52. The lowest BCUT2D eigenvalue weighted by Crippen LogP contribution is -1.82. The van der Waals surface area contributed by atoms with Crippen molar-refractivity contribution in [1.29, 1.82) is 0 Å². The number of anilines is 1. The molecule has 1 aromatic rings. The van der Waals surface area contributed by atoms with E-state index in [1.807, 2.05) is 24.3 Å². The van der Waals surface area contributed by atoms with Gasteiger partial charge in [0.1, 0.15) is 0 Å². The molecule has 0 unspecified atom stereocenters. The second kappa shape index (κ2) is 3.71. The number of hydrogen-bond donors (Lipinski definition) is 1. The van der Waals surface area contributed by atoms with Crippen LogP contribution in [0.5, 0.6) is 0 Å². The van der Waals surface area contributed by atoms with Crippen LogP contribution < -0.4 is 5.73 Å². The highest BCUT2D eigenvalue weighted by Crippen LogP contribution is 2.07. The van der Waals surface area contributed by atoms with Crippen LogP contribution in [0.25, 0.3) is 0 Å². The zero-order valence-corrected chi connectivity index (χ0v) is 6.42. The van der Waals surface area contributed by atoms with E-state index in [4.69, 9.17) is 5.73 Å². The molecule has 0 spiro atoms. The Morgan fingerprint density at radius 2 is 2.00 bits per heavy atom. The standard InChI is InChI=1S/C6H6IN.CH4/c7-5-2-1-3-6(8)4-5;/h1-4H,8H2;1H4. The number of benzene rings is 1. The first-order valence-electron chi connectivity index (χ1n) is 2.30. The predicted octanol–water partition coefficient (Wildman–Crippen LogP) is 2.51. The van der Waals surface area contributed by atoms with Gasteiger partial charge in [-0.3, -0.25) is 0 Å². The summed E-state index contributed by atoms with van der Waals surface area (Å²) in [5.74, 6) is 0. The van der Waals surface area contributed by atoms with Gasteiger partial charge in [0.15, 0.2) is 0 Å². The van der Waals surface area contributed by atoms with Crippen LogP contribution in [0.4, 0.5) is 5.69 Å². The van der Waals surface area contributed by atoms with Crippen LogP contribution in [0.2, 0.25) is 0 Å². The second-order valence-electron chi connectivity index (χ2n) is 1.56. The molecule has 0 atom stereocenters. The summed E-state index contributed by atoms with van der Waals surface area (Å²) in [6.07, 6.45) is 0. The van der Waals surface area contributed by atoms with Crippen LogP contribution in [-0.2, 0) is 0 Å². The van der Waals surface area contributed by atoms with E-state index >= 15 is 0 Å². The zero-order chi connectivity index (χ0) is 5.98. The summed E-state index contributed by atoms with van der Waals surface area (Å²) < 4.78 is 1.18. The fraction of sp³-hybridized carbons (Fsp3) is 0.143. The van der Waals surface area contributed by atoms with Crippen LogP contribution >= 0.6 is 22.6 Å². The van der Waals surface area contributed by atoms with E-state index in [9.17, 15) is 0 Å². The van der Waals surface area contributed by atoms with Crippen molar-refractivity contribution in [3.05, 3.63) is 27.8 Å². The van der Waals surface area contributed by atoms with Crippen LogP contribution in [0.3, 0.4) is 0 Å². The first-order chi connectivity index (χ1) is 3.79. The number of halogens is 1. The van der Waals surface area contributed by atoms with Gasteiger partial charge in [0.2, 0.25) is 0 Å². The highest BCUT2D eigenvalue weighted by molar-refractivity contribution is 14.1. The first-order valence-corrected chi connectivity index (χ1v) is 3.38. The molecule has 1 aromatic carbocycles. The summed E-state index contributed by atoms with van der Waals surface area (Å²) in [4.78, 5) is 0. The molecule has 50 valence electrons. The number of nitrogen functional groups attached to an aromatic ring is 1. The van der Waals surface area contributed by atoms with Gasteiger partial charge < -0.3 is 5.73 Å². The van der Waals surface area contributed by atoms with Crippen molar-refractivity contribution in [2.24, 2.45) is 0 Å². The van der Waals surface area contributed by atoms with Gasteiger partial charge in [-0.05, 0) is 40.8 Å². The highest BCUT2D eigenvalue weighted by Gasteiger charge is 1.82. The maximum Gasteiger partial charge on any atom is 0.0324 e. The van der Waals surface area contributed by atoms with Crippen molar-refractivity contribution in [2.45, 2.75) is 7.43 Å². The van der Waals surface area contributed by atoms with E-state index in [2.05, 4.69) is 22.6 Å². The molecule has 0 aliphatic rings. The van der Waals surface area contributed by atoms with Crippen molar-refractivity contribution in [3.63, 3.8) is 0 Å². The van der Waals surface area contributed by atoms with E-state index in [0.717, 1.165) is 5.69 Å². The Hall–Kier alpha value is -0.250. The smallest absolute Gasteiger partial charge is 0.0324 e. The van der Waals surface area contributed by atoms with Crippen LogP contribution in [0, 0.1) is 3.57 Å². The molecule has 0 radical (unpaired) electrons. The quantitative estimate of drug-likeness (QED) is 0.542. The molecule has 0 saturated heterocycles. The third kappa shape index (κ3) is 2.70. The predicted molar refractivity (Wildman–Crippen MR) is 50.3 cm³/mol. The summed E-state index contributed by atoms with van der Waals surface area (Å²) in [5.41, 5.74) is 6.28. The Kier molecular flexibility index (Phi) is 3.61. The minimum Gasteiger partial charge on any atom is -0.399 e. The topological polar surface area (TPSA) is 26.0 Å². The maximum absolute atomic E-state index is 5.45. The number of nitrogens with two attached hydrogens (primary N) is 1. The number of hydrogen-bond acceptors (Lipinski definition) is 1. The second-order valence-corrected chi connectivity index (χ2v) is 2.80. The maximum atomic E-state index is 5.45. The molecule has 0 aromatic heterocycles. The van der Waals surface area contributed by atoms with Crippen LogP contribution in [-0.4, -0.2) is 0 Å². The fourth-order valence-electron chi connectivity index (χ4n) is 0.507. The van der Waals surface area contributed by atoms with E-state index in [0.29, 0.717) is 0 Å². The zero-order valence-electron chi connectivity index (χ0n) is 4.26. The summed E-state index contributed by atoms with van der Waals surface area (Å²) >= 11 is 2.23. The largest absolute Gasteiger partial charge is 0.399 e. The van der Waals surface area contributed by atoms with Crippen molar-refractivity contribution in [3.8, 4) is 0 Å². The molecule has 1 rings (SSSR count). The van der Waals surface area contributed by atoms with Gasteiger partial charge in [-0.15, -0.1) is 0 Å².